The van der Waals surface area contributed by atoms with Crippen molar-refractivity contribution in [1.29, 1.82) is 0 Å². The summed E-state index contributed by atoms with van der Waals surface area (Å²) < 4.78 is 0. The first kappa shape index (κ1) is 29.9. The first-order valence-electron chi connectivity index (χ1n) is 17.6. The predicted octanol–water partition coefficient (Wildman–Crippen LogP) is 12.8. The summed E-state index contributed by atoms with van der Waals surface area (Å²) in [6, 6.07) is 66.4. The molecule has 10 aromatic rings. The van der Waals surface area contributed by atoms with E-state index in [1.807, 2.05) is 24.3 Å². The minimum absolute atomic E-state index is 0.641. The Labute approximate surface area is 301 Å². The molecule has 1 aromatic heterocycles. The van der Waals surface area contributed by atoms with Crippen LogP contribution >= 0.6 is 0 Å². The van der Waals surface area contributed by atoms with E-state index < -0.39 is 0 Å². The van der Waals surface area contributed by atoms with Crippen molar-refractivity contribution < 1.29 is 0 Å². The summed E-state index contributed by atoms with van der Waals surface area (Å²) in [6.07, 6.45) is 0. The predicted molar refractivity (Wildman–Crippen MR) is 217 cm³/mol. The number of aromatic nitrogens is 3. The van der Waals surface area contributed by atoms with Gasteiger partial charge in [-0.2, -0.15) is 0 Å². The van der Waals surface area contributed by atoms with Gasteiger partial charge in [0.05, 0.1) is 0 Å². The van der Waals surface area contributed by atoms with Crippen molar-refractivity contribution >= 4 is 43.1 Å². The number of fused-ring (bicyclic) bond motifs is 5. The minimum atomic E-state index is 0.641. The van der Waals surface area contributed by atoms with Crippen LogP contribution in [0.4, 0.5) is 0 Å². The SMILES string of the molecule is c1ccc(-c2nc(-c3ccc4cc(-c5cc6ccccc6c6ccccc56)ccc4c3)nc(-c3c(-c4ccccc4)ccc4ccccc34)n2)cc1. The van der Waals surface area contributed by atoms with Crippen LogP contribution in [0.25, 0.3) is 99.5 Å². The molecule has 0 fully saturated rings. The van der Waals surface area contributed by atoms with Gasteiger partial charge in [-0.25, -0.2) is 15.0 Å². The van der Waals surface area contributed by atoms with Gasteiger partial charge in [0.15, 0.2) is 17.5 Å². The fourth-order valence-electron chi connectivity index (χ4n) is 7.55. The van der Waals surface area contributed by atoms with Gasteiger partial charge in [-0.05, 0) is 83.5 Å². The monoisotopic (exact) mass is 661 g/mol. The summed E-state index contributed by atoms with van der Waals surface area (Å²) in [5, 5.41) is 9.58. The molecule has 3 nitrogen and oxygen atoms in total. The lowest BCUT2D eigenvalue weighted by Crippen LogP contribution is -2.01. The van der Waals surface area contributed by atoms with Crippen molar-refractivity contribution in [3.8, 4) is 56.4 Å². The van der Waals surface area contributed by atoms with Crippen LogP contribution < -0.4 is 0 Å². The molecule has 10 rings (SSSR count). The van der Waals surface area contributed by atoms with Gasteiger partial charge in [0.2, 0.25) is 0 Å². The molecule has 0 bridgehead atoms. The minimum Gasteiger partial charge on any atom is -0.208 e. The second-order valence-corrected chi connectivity index (χ2v) is 13.2. The molecule has 0 N–H and O–H groups in total. The number of hydrogen-bond acceptors (Lipinski definition) is 3. The molecule has 0 aliphatic rings. The van der Waals surface area contributed by atoms with Gasteiger partial charge in [0.1, 0.15) is 0 Å². The molecule has 0 spiro atoms. The van der Waals surface area contributed by atoms with E-state index in [9.17, 15) is 0 Å². The average Bonchev–Trinajstić information content (AvgIpc) is 3.23. The van der Waals surface area contributed by atoms with Crippen LogP contribution in [0.2, 0.25) is 0 Å². The zero-order chi connectivity index (χ0) is 34.4. The summed E-state index contributed by atoms with van der Waals surface area (Å²) in [5.41, 5.74) is 7.52. The zero-order valence-electron chi connectivity index (χ0n) is 28.2. The summed E-state index contributed by atoms with van der Waals surface area (Å²) >= 11 is 0. The van der Waals surface area contributed by atoms with Crippen LogP contribution in [0, 0.1) is 0 Å². The fourth-order valence-corrected chi connectivity index (χ4v) is 7.55. The highest BCUT2D eigenvalue weighted by atomic mass is 15.0. The van der Waals surface area contributed by atoms with E-state index >= 15 is 0 Å². The first-order valence-corrected chi connectivity index (χ1v) is 17.6. The summed E-state index contributed by atoms with van der Waals surface area (Å²) in [5.74, 6) is 1.94. The van der Waals surface area contributed by atoms with Crippen molar-refractivity contribution in [3.63, 3.8) is 0 Å². The largest absolute Gasteiger partial charge is 0.208 e. The third-order valence-electron chi connectivity index (χ3n) is 10.1. The standard InChI is InChI=1S/C49H31N3/c1-3-13-32(14-4-1)42-28-27-33-15-7-10-20-41(33)46(42)49-51-47(34-16-5-2-6-17-34)50-48(52-49)39-26-24-35-29-38(25-23-36(35)30-39)45-31-37-18-8-9-19-40(37)43-21-11-12-22-44(43)45/h1-31H. The Balaban J connectivity index is 1.15. The number of rotatable bonds is 5. The molecule has 0 aliphatic carbocycles. The third kappa shape index (κ3) is 5.19. The molecule has 0 aliphatic heterocycles. The smallest absolute Gasteiger partial charge is 0.165 e. The Kier molecular flexibility index (Phi) is 7.14. The lowest BCUT2D eigenvalue weighted by Gasteiger charge is -2.15. The van der Waals surface area contributed by atoms with Crippen LogP contribution in [-0.2, 0) is 0 Å². The maximum atomic E-state index is 5.25. The van der Waals surface area contributed by atoms with Crippen molar-refractivity contribution in [3.05, 3.63) is 188 Å². The van der Waals surface area contributed by atoms with Gasteiger partial charge < -0.3 is 0 Å². The van der Waals surface area contributed by atoms with Crippen molar-refractivity contribution in [2.75, 3.05) is 0 Å². The molecule has 1 heterocycles. The highest BCUT2D eigenvalue weighted by Gasteiger charge is 2.19. The number of hydrogen-bond donors (Lipinski definition) is 0. The van der Waals surface area contributed by atoms with Crippen molar-refractivity contribution in [1.82, 2.24) is 15.0 Å². The molecule has 52 heavy (non-hydrogen) atoms. The summed E-state index contributed by atoms with van der Waals surface area (Å²) in [7, 11) is 0. The maximum absolute atomic E-state index is 5.25. The molecular weight excluding hydrogens is 631 g/mol. The Morgan fingerprint density at radius 2 is 0.769 bits per heavy atom. The van der Waals surface area contributed by atoms with Gasteiger partial charge in [-0.15, -0.1) is 0 Å². The Morgan fingerprint density at radius 1 is 0.250 bits per heavy atom. The average molecular weight is 662 g/mol. The van der Waals surface area contributed by atoms with Gasteiger partial charge >= 0.3 is 0 Å². The molecule has 0 saturated carbocycles. The van der Waals surface area contributed by atoms with Crippen LogP contribution in [0.5, 0.6) is 0 Å². The lowest BCUT2D eigenvalue weighted by molar-refractivity contribution is 1.08. The number of nitrogens with zero attached hydrogens (tertiary/aromatic N) is 3. The zero-order valence-corrected chi connectivity index (χ0v) is 28.2. The molecular formula is C49H31N3. The third-order valence-corrected chi connectivity index (χ3v) is 10.1. The van der Waals surface area contributed by atoms with Crippen molar-refractivity contribution in [2.24, 2.45) is 0 Å². The second kappa shape index (κ2) is 12.4. The van der Waals surface area contributed by atoms with E-state index in [0.29, 0.717) is 17.5 Å². The maximum Gasteiger partial charge on any atom is 0.165 e. The van der Waals surface area contributed by atoms with E-state index in [2.05, 4.69) is 164 Å². The highest BCUT2D eigenvalue weighted by Crippen LogP contribution is 2.39. The highest BCUT2D eigenvalue weighted by molar-refractivity contribution is 6.14. The summed E-state index contributed by atoms with van der Waals surface area (Å²) in [4.78, 5) is 15.5. The fraction of sp³-hybridized carbons (Fsp3) is 0. The van der Waals surface area contributed by atoms with E-state index in [4.69, 9.17) is 15.0 Å². The van der Waals surface area contributed by atoms with Crippen LogP contribution in [0.1, 0.15) is 0 Å². The molecule has 0 amide bonds. The van der Waals surface area contributed by atoms with Crippen LogP contribution in [-0.4, -0.2) is 15.0 Å². The Hall–Kier alpha value is -6.97. The van der Waals surface area contributed by atoms with Gasteiger partial charge in [-0.3, -0.25) is 0 Å². The van der Waals surface area contributed by atoms with Crippen LogP contribution in [0.3, 0.4) is 0 Å². The van der Waals surface area contributed by atoms with E-state index in [0.717, 1.165) is 49.4 Å². The van der Waals surface area contributed by atoms with Gasteiger partial charge in [-0.1, -0.05) is 170 Å². The van der Waals surface area contributed by atoms with Crippen LogP contribution in [0.15, 0.2) is 188 Å². The normalized spacial score (nSPS) is 11.5. The Morgan fingerprint density at radius 3 is 1.52 bits per heavy atom. The molecule has 242 valence electrons. The van der Waals surface area contributed by atoms with Gasteiger partial charge in [0, 0.05) is 16.7 Å². The lowest BCUT2D eigenvalue weighted by atomic mass is 9.92. The molecule has 0 radical (unpaired) electrons. The summed E-state index contributed by atoms with van der Waals surface area (Å²) in [6.45, 7) is 0. The van der Waals surface area contributed by atoms with E-state index in [1.165, 1.54) is 32.7 Å². The van der Waals surface area contributed by atoms with Gasteiger partial charge in [0.25, 0.3) is 0 Å². The van der Waals surface area contributed by atoms with E-state index in [-0.39, 0.29) is 0 Å². The molecule has 0 saturated heterocycles. The number of benzene rings is 9. The van der Waals surface area contributed by atoms with E-state index in [1.54, 1.807) is 0 Å². The first-order chi connectivity index (χ1) is 25.8. The molecule has 0 atom stereocenters. The Bertz CT molecular complexity index is 2950. The molecule has 0 unspecified atom stereocenters. The molecule has 9 aromatic carbocycles. The second-order valence-electron chi connectivity index (χ2n) is 13.2. The molecule has 3 heteroatoms. The quantitative estimate of drug-likeness (QED) is 0.172. The van der Waals surface area contributed by atoms with Crippen molar-refractivity contribution in [2.45, 2.75) is 0 Å². The topological polar surface area (TPSA) is 38.7 Å².